The second-order valence-electron chi connectivity index (χ2n) is 3.68. The zero-order valence-corrected chi connectivity index (χ0v) is 9.54. The third-order valence-corrected chi connectivity index (χ3v) is 2.46. The number of carbonyl (C=O) groups is 1. The molecule has 0 bridgehead atoms. The van der Waals surface area contributed by atoms with Crippen LogP contribution in [0.25, 0.3) is 10.8 Å². The van der Waals surface area contributed by atoms with E-state index in [9.17, 15) is 9.90 Å². The lowest BCUT2D eigenvalue weighted by Crippen LogP contribution is -2.01. The maximum atomic E-state index is 11.7. The molecule has 2 N–H and O–H groups in total. The standard InChI is InChI=1S/C14H12O4/c15-6-3-7-18-14(17)12-8-10-4-1-2-5-11(10)9-13(12)16/h1-5,7-9,15-16H,6H2. The fraction of sp³-hybridized carbons (Fsp3) is 0.0714. The number of hydrogen-bond donors (Lipinski definition) is 2. The first kappa shape index (κ1) is 12.1. The molecule has 0 spiro atoms. The van der Waals surface area contributed by atoms with Crippen LogP contribution in [0, 0.1) is 0 Å². The molecule has 0 aromatic heterocycles. The summed E-state index contributed by atoms with van der Waals surface area (Å²) in [5, 5.41) is 20.0. The highest BCUT2D eigenvalue weighted by Crippen LogP contribution is 2.25. The van der Waals surface area contributed by atoms with Crippen molar-refractivity contribution in [1.29, 1.82) is 0 Å². The Morgan fingerprint density at radius 2 is 1.89 bits per heavy atom. The van der Waals surface area contributed by atoms with Gasteiger partial charge in [0.25, 0.3) is 0 Å². The van der Waals surface area contributed by atoms with Crippen molar-refractivity contribution >= 4 is 16.7 Å². The van der Waals surface area contributed by atoms with Crippen LogP contribution in [0.15, 0.2) is 48.7 Å². The minimum absolute atomic E-state index is 0.0938. The van der Waals surface area contributed by atoms with Gasteiger partial charge in [0, 0.05) is 0 Å². The van der Waals surface area contributed by atoms with Crippen LogP contribution < -0.4 is 0 Å². The van der Waals surface area contributed by atoms with Crippen LogP contribution in [0.5, 0.6) is 5.75 Å². The maximum absolute atomic E-state index is 11.7. The van der Waals surface area contributed by atoms with Crippen molar-refractivity contribution in [2.24, 2.45) is 0 Å². The monoisotopic (exact) mass is 244 g/mol. The second-order valence-corrected chi connectivity index (χ2v) is 3.68. The Morgan fingerprint density at radius 1 is 1.22 bits per heavy atom. The first-order valence-corrected chi connectivity index (χ1v) is 5.41. The number of benzene rings is 2. The van der Waals surface area contributed by atoms with Gasteiger partial charge in [-0.3, -0.25) is 0 Å². The number of aliphatic hydroxyl groups excluding tert-OH is 1. The van der Waals surface area contributed by atoms with E-state index in [0.717, 1.165) is 17.0 Å². The van der Waals surface area contributed by atoms with Gasteiger partial charge in [0.15, 0.2) is 0 Å². The molecule has 0 aliphatic heterocycles. The normalized spacial score (nSPS) is 10.9. The number of ether oxygens (including phenoxy) is 1. The molecule has 18 heavy (non-hydrogen) atoms. The van der Waals surface area contributed by atoms with Crippen LogP contribution in [0.2, 0.25) is 0 Å². The Bertz CT molecular complexity index is 602. The largest absolute Gasteiger partial charge is 0.507 e. The third kappa shape index (κ3) is 2.49. The number of phenols is 1. The molecule has 0 fully saturated rings. The van der Waals surface area contributed by atoms with E-state index in [0.29, 0.717) is 0 Å². The molecule has 92 valence electrons. The number of fused-ring (bicyclic) bond motifs is 1. The number of aromatic hydroxyl groups is 1. The van der Waals surface area contributed by atoms with Crippen LogP contribution in [-0.4, -0.2) is 22.8 Å². The molecular weight excluding hydrogens is 232 g/mol. The van der Waals surface area contributed by atoms with Gasteiger partial charge >= 0.3 is 5.97 Å². The summed E-state index contributed by atoms with van der Waals surface area (Å²) in [7, 11) is 0. The van der Waals surface area contributed by atoms with E-state index in [4.69, 9.17) is 9.84 Å². The predicted octanol–water partition coefficient (Wildman–Crippen LogP) is 2.21. The molecule has 0 heterocycles. The van der Waals surface area contributed by atoms with Gasteiger partial charge in [0.05, 0.1) is 12.9 Å². The quantitative estimate of drug-likeness (QED) is 0.641. The van der Waals surface area contributed by atoms with Crippen molar-refractivity contribution in [2.75, 3.05) is 6.61 Å². The van der Waals surface area contributed by atoms with E-state index in [1.54, 1.807) is 6.07 Å². The SMILES string of the molecule is O=C(OC=CCO)c1cc2ccccc2cc1O. The van der Waals surface area contributed by atoms with Gasteiger partial charge in [-0.05, 0) is 29.0 Å². The van der Waals surface area contributed by atoms with Gasteiger partial charge in [0.2, 0.25) is 0 Å². The van der Waals surface area contributed by atoms with Crippen LogP contribution in [0.1, 0.15) is 10.4 Å². The molecule has 0 atom stereocenters. The average molecular weight is 244 g/mol. The van der Waals surface area contributed by atoms with Crippen LogP contribution in [0.3, 0.4) is 0 Å². The van der Waals surface area contributed by atoms with Crippen LogP contribution in [0.4, 0.5) is 0 Å². The Labute approximate surface area is 104 Å². The van der Waals surface area contributed by atoms with Crippen molar-refractivity contribution in [3.8, 4) is 5.75 Å². The van der Waals surface area contributed by atoms with E-state index >= 15 is 0 Å². The lowest BCUT2D eigenvalue weighted by atomic mass is 10.1. The molecule has 4 nitrogen and oxygen atoms in total. The molecule has 2 aromatic carbocycles. The summed E-state index contributed by atoms with van der Waals surface area (Å²) in [5.41, 5.74) is 0.0938. The van der Waals surface area contributed by atoms with Gasteiger partial charge in [-0.25, -0.2) is 4.79 Å². The number of esters is 1. The highest BCUT2D eigenvalue weighted by Gasteiger charge is 2.12. The number of hydrogen-bond acceptors (Lipinski definition) is 4. The number of rotatable bonds is 3. The van der Waals surface area contributed by atoms with Gasteiger partial charge in [0.1, 0.15) is 11.3 Å². The molecule has 0 amide bonds. The number of carbonyl (C=O) groups excluding carboxylic acids is 1. The average Bonchev–Trinajstić information content (AvgIpc) is 2.38. The van der Waals surface area contributed by atoms with E-state index in [2.05, 4.69) is 0 Å². The number of phenolic OH excluding ortho intramolecular Hbond substituents is 1. The zero-order valence-electron chi connectivity index (χ0n) is 9.54. The maximum Gasteiger partial charge on any atom is 0.346 e. The third-order valence-electron chi connectivity index (χ3n) is 2.46. The van der Waals surface area contributed by atoms with Crippen molar-refractivity contribution < 1.29 is 19.7 Å². The highest BCUT2D eigenvalue weighted by atomic mass is 16.5. The van der Waals surface area contributed by atoms with Gasteiger partial charge in [-0.2, -0.15) is 0 Å². The fourth-order valence-corrected chi connectivity index (χ4v) is 1.61. The Balaban J connectivity index is 2.35. The molecule has 4 heteroatoms. The fourth-order valence-electron chi connectivity index (χ4n) is 1.61. The summed E-state index contributed by atoms with van der Waals surface area (Å²) >= 11 is 0. The predicted molar refractivity (Wildman–Crippen MR) is 67.3 cm³/mol. The summed E-state index contributed by atoms with van der Waals surface area (Å²) in [6, 6.07) is 10.5. The van der Waals surface area contributed by atoms with E-state index in [1.807, 2.05) is 24.3 Å². The van der Waals surface area contributed by atoms with Gasteiger partial charge in [-0.1, -0.05) is 24.3 Å². The van der Waals surface area contributed by atoms with Gasteiger partial charge < -0.3 is 14.9 Å². The summed E-state index contributed by atoms with van der Waals surface area (Å²) in [6.45, 7) is -0.211. The lowest BCUT2D eigenvalue weighted by Gasteiger charge is -2.05. The molecule has 2 aromatic rings. The molecular formula is C14H12O4. The van der Waals surface area contributed by atoms with E-state index in [1.165, 1.54) is 12.1 Å². The minimum Gasteiger partial charge on any atom is -0.507 e. The summed E-state index contributed by atoms with van der Waals surface area (Å²) in [6.07, 6.45) is 2.38. The summed E-state index contributed by atoms with van der Waals surface area (Å²) < 4.78 is 4.76. The molecule has 2 rings (SSSR count). The number of aliphatic hydroxyl groups is 1. The second kappa shape index (κ2) is 5.33. The molecule has 0 saturated heterocycles. The minimum atomic E-state index is -0.664. The molecule has 0 saturated carbocycles. The summed E-state index contributed by atoms with van der Waals surface area (Å²) in [5.74, 6) is -0.793. The van der Waals surface area contributed by atoms with Crippen molar-refractivity contribution in [3.63, 3.8) is 0 Å². The van der Waals surface area contributed by atoms with Crippen molar-refractivity contribution in [1.82, 2.24) is 0 Å². The Kier molecular flexibility index (Phi) is 3.60. The van der Waals surface area contributed by atoms with E-state index in [-0.39, 0.29) is 17.9 Å². The molecule has 0 aliphatic rings. The van der Waals surface area contributed by atoms with Crippen molar-refractivity contribution in [3.05, 3.63) is 54.3 Å². The van der Waals surface area contributed by atoms with Crippen LogP contribution >= 0.6 is 0 Å². The molecule has 0 aliphatic carbocycles. The first-order valence-electron chi connectivity index (χ1n) is 5.41. The van der Waals surface area contributed by atoms with Crippen LogP contribution in [-0.2, 0) is 4.74 Å². The lowest BCUT2D eigenvalue weighted by molar-refractivity contribution is 0.0658. The van der Waals surface area contributed by atoms with Crippen molar-refractivity contribution in [2.45, 2.75) is 0 Å². The topological polar surface area (TPSA) is 66.8 Å². The Hall–Kier alpha value is -2.33. The smallest absolute Gasteiger partial charge is 0.346 e. The van der Waals surface area contributed by atoms with E-state index < -0.39 is 5.97 Å². The Morgan fingerprint density at radius 3 is 2.56 bits per heavy atom. The highest BCUT2D eigenvalue weighted by molar-refractivity contribution is 5.98. The van der Waals surface area contributed by atoms with Gasteiger partial charge in [-0.15, -0.1) is 0 Å². The summed E-state index contributed by atoms with van der Waals surface area (Å²) in [4.78, 5) is 11.7. The molecule has 0 unspecified atom stereocenters. The molecule has 0 radical (unpaired) electrons. The first-order chi connectivity index (χ1) is 8.72. The zero-order chi connectivity index (χ0) is 13.0.